The quantitative estimate of drug-likeness (QED) is 0.186. The van der Waals surface area contributed by atoms with E-state index in [0.717, 1.165) is 22.4 Å². The van der Waals surface area contributed by atoms with Gasteiger partial charge in [-0.05, 0) is 69.1 Å². The largest absolute Gasteiger partial charge is 0.309 e. The number of benzene rings is 8. The highest BCUT2D eigenvalue weighted by Gasteiger charge is 2.20. The van der Waals surface area contributed by atoms with Crippen LogP contribution in [0.2, 0.25) is 0 Å². The molecule has 0 fully saturated rings. The summed E-state index contributed by atoms with van der Waals surface area (Å²) in [6, 6.07) is 64.0. The third kappa shape index (κ3) is 4.88. The van der Waals surface area contributed by atoms with Gasteiger partial charge in [-0.2, -0.15) is 0 Å². The number of hydrogen-bond donors (Lipinski definition) is 0. The van der Waals surface area contributed by atoms with Gasteiger partial charge in [0.05, 0.1) is 11.0 Å². The van der Waals surface area contributed by atoms with Gasteiger partial charge in [0.2, 0.25) is 0 Å². The molecular formula is C47H30N4. The Balaban J connectivity index is 1.21. The molecule has 51 heavy (non-hydrogen) atoms. The maximum Gasteiger partial charge on any atom is 0.164 e. The van der Waals surface area contributed by atoms with Crippen molar-refractivity contribution in [2.75, 3.05) is 0 Å². The Morgan fingerprint density at radius 1 is 0.333 bits per heavy atom. The molecule has 0 bridgehead atoms. The molecular weight excluding hydrogens is 621 g/mol. The first-order valence-electron chi connectivity index (χ1n) is 17.2. The summed E-state index contributed by atoms with van der Waals surface area (Å²) in [6.07, 6.45) is 0. The van der Waals surface area contributed by atoms with E-state index in [1.165, 1.54) is 54.5 Å². The van der Waals surface area contributed by atoms with Crippen LogP contribution in [0.15, 0.2) is 182 Å². The smallest absolute Gasteiger partial charge is 0.164 e. The Bertz CT molecular complexity index is 2820. The first-order chi connectivity index (χ1) is 25.3. The lowest BCUT2D eigenvalue weighted by Crippen LogP contribution is -2.00. The summed E-state index contributed by atoms with van der Waals surface area (Å²) in [4.78, 5) is 14.8. The summed E-state index contributed by atoms with van der Waals surface area (Å²) in [5, 5.41) is 7.50. The van der Waals surface area contributed by atoms with E-state index in [2.05, 4.69) is 126 Å². The summed E-state index contributed by atoms with van der Waals surface area (Å²) >= 11 is 0. The van der Waals surface area contributed by atoms with Gasteiger partial charge in [0.15, 0.2) is 17.5 Å². The summed E-state index contributed by atoms with van der Waals surface area (Å²) < 4.78 is 2.41. The van der Waals surface area contributed by atoms with Gasteiger partial charge < -0.3 is 4.57 Å². The van der Waals surface area contributed by atoms with E-state index in [4.69, 9.17) is 15.0 Å². The fourth-order valence-electron chi connectivity index (χ4n) is 7.47. The molecule has 2 aromatic heterocycles. The molecule has 0 N–H and O–H groups in total. The normalized spacial score (nSPS) is 11.5. The Morgan fingerprint density at radius 2 is 0.804 bits per heavy atom. The molecule has 0 aliphatic rings. The van der Waals surface area contributed by atoms with Crippen LogP contribution < -0.4 is 0 Å². The van der Waals surface area contributed by atoms with Crippen LogP contribution in [0.25, 0.3) is 94.3 Å². The number of fused-ring (bicyclic) bond motifs is 7. The standard InChI is InChI=1S/C47H30N4/c1-4-14-31(15-5-1)40-30-42-44(39-23-13-12-22-38(39)40)43-37-21-11-10-16-32(37)26-29-41(43)51(42)36-27-24-35(25-28-36)47-49-45(33-17-6-2-7-18-33)48-46(50-47)34-19-8-3-9-20-34/h1-30H. The second kappa shape index (κ2) is 11.9. The lowest BCUT2D eigenvalue weighted by atomic mass is 9.94. The van der Waals surface area contributed by atoms with Gasteiger partial charge in [0, 0.05) is 33.2 Å². The zero-order valence-electron chi connectivity index (χ0n) is 27.6. The van der Waals surface area contributed by atoms with Gasteiger partial charge >= 0.3 is 0 Å². The Kier molecular flexibility index (Phi) is 6.78. The molecule has 0 saturated heterocycles. The summed E-state index contributed by atoms with van der Waals surface area (Å²) in [6.45, 7) is 0. The van der Waals surface area contributed by atoms with E-state index in [9.17, 15) is 0 Å². The van der Waals surface area contributed by atoms with Gasteiger partial charge in [-0.25, -0.2) is 15.0 Å². The van der Waals surface area contributed by atoms with Crippen molar-refractivity contribution in [3.63, 3.8) is 0 Å². The van der Waals surface area contributed by atoms with E-state index in [-0.39, 0.29) is 0 Å². The van der Waals surface area contributed by atoms with E-state index in [0.29, 0.717) is 17.5 Å². The summed E-state index contributed by atoms with van der Waals surface area (Å²) in [7, 11) is 0. The molecule has 8 aromatic carbocycles. The van der Waals surface area contributed by atoms with Crippen molar-refractivity contribution in [1.29, 1.82) is 0 Å². The van der Waals surface area contributed by atoms with Gasteiger partial charge in [-0.15, -0.1) is 0 Å². The molecule has 0 atom stereocenters. The number of aromatic nitrogens is 4. The highest BCUT2D eigenvalue weighted by molar-refractivity contribution is 6.30. The summed E-state index contributed by atoms with van der Waals surface area (Å²) in [5.74, 6) is 1.94. The molecule has 0 amide bonds. The van der Waals surface area contributed by atoms with Gasteiger partial charge in [0.1, 0.15) is 0 Å². The van der Waals surface area contributed by atoms with Crippen molar-refractivity contribution in [2.24, 2.45) is 0 Å². The zero-order chi connectivity index (χ0) is 33.7. The predicted molar refractivity (Wildman–Crippen MR) is 211 cm³/mol. The topological polar surface area (TPSA) is 43.6 Å². The molecule has 10 aromatic rings. The molecule has 4 heteroatoms. The van der Waals surface area contributed by atoms with E-state index in [1.54, 1.807) is 0 Å². The van der Waals surface area contributed by atoms with Gasteiger partial charge in [-0.1, -0.05) is 146 Å². The maximum atomic E-state index is 4.98. The van der Waals surface area contributed by atoms with E-state index in [1.807, 2.05) is 60.7 Å². The minimum Gasteiger partial charge on any atom is -0.309 e. The van der Waals surface area contributed by atoms with Crippen LogP contribution in [-0.2, 0) is 0 Å². The fourth-order valence-corrected chi connectivity index (χ4v) is 7.47. The Labute approximate surface area is 295 Å². The van der Waals surface area contributed by atoms with Crippen LogP contribution in [0.1, 0.15) is 0 Å². The van der Waals surface area contributed by atoms with Crippen LogP contribution >= 0.6 is 0 Å². The van der Waals surface area contributed by atoms with E-state index >= 15 is 0 Å². The number of hydrogen-bond acceptors (Lipinski definition) is 3. The molecule has 10 rings (SSSR count). The third-order valence-corrected chi connectivity index (χ3v) is 9.83. The van der Waals surface area contributed by atoms with Crippen molar-refractivity contribution < 1.29 is 0 Å². The van der Waals surface area contributed by atoms with Crippen LogP contribution in [0.5, 0.6) is 0 Å². The molecule has 0 aliphatic heterocycles. The van der Waals surface area contributed by atoms with Crippen molar-refractivity contribution in [3.8, 4) is 51.0 Å². The van der Waals surface area contributed by atoms with Gasteiger partial charge in [0.25, 0.3) is 0 Å². The van der Waals surface area contributed by atoms with Crippen LogP contribution in [0.4, 0.5) is 0 Å². The number of nitrogens with zero attached hydrogens (tertiary/aromatic N) is 4. The SMILES string of the molecule is c1ccc(-c2nc(-c3ccccc3)nc(-c3ccc(-n4c5ccc6ccccc6c5c5c6ccccc6c(-c6ccccc6)cc54)cc3)n2)cc1. The highest BCUT2D eigenvalue weighted by Crippen LogP contribution is 2.43. The van der Waals surface area contributed by atoms with Crippen LogP contribution in [-0.4, -0.2) is 19.5 Å². The monoisotopic (exact) mass is 650 g/mol. The molecule has 0 saturated carbocycles. The lowest BCUT2D eigenvalue weighted by Gasteiger charge is -2.13. The van der Waals surface area contributed by atoms with Crippen molar-refractivity contribution in [3.05, 3.63) is 182 Å². The fraction of sp³-hybridized carbons (Fsp3) is 0. The predicted octanol–water partition coefficient (Wildman–Crippen LogP) is 11.9. The molecule has 2 heterocycles. The molecule has 0 radical (unpaired) electrons. The van der Waals surface area contributed by atoms with Gasteiger partial charge in [-0.3, -0.25) is 0 Å². The number of rotatable bonds is 5. The minimum atomic E-state index is 0.639. The second-order valence-corrected chi connectivity index (χ2v) is 12.8. The average molecular weight is 651 g/mol. The Morgan fingerprint density at radius 3 is 1.41 bits per heavy atom. The summed E-state index contributed by atoms with van der Waals surface area (Å²) in [5.41, 5.74) is 8.67. The van der Waals surface area contributed by atoms with Crippen molar-refractivity contribution in [2.45, 2.75) is 0 Å². The Hall–Kier alpha value is -6.91. The first kappa shape index (κ1) is 29.0. The zero-order valence-corrected chi connectivity index (χ0v) is 27.6. The van der Waals surface area contributed by atoms with Crippen molar-refractivity contribution >= 4 is 43.4 Å². The molecule has 0 unspecified atom stereocenters. The molecule has 0 aliphatic carbocycles. The van der Waals surface area contributed by atoms with Crippen LogP contribution in [0.3, 0.4) is 0 Å². The second-order valence-electron chi connectivity index (χ2n) is 12.8. The lowest BCUT2D eigenvalue weighted by molar-refractivity contribution is 1.07. The maximum absolute atomic E-state index is 4.98. The molecule has 0 spiro atoms. The van der Waals surface area contributed by atoms with Crippen LogP contribution in [0, 0.1) is 0 Å². The van der Waals surface area contributed by atoms with E-state index < -0.39 is 0 Å². The first-order valence-corrected chi connectivity index (χ1v) is 17.2. The molecule has 238 valence electrons. The minimum absolute atomic E-state index is 0.639. The average Bonchev–Trinajstić information content (AvgIpc) is 3.56. The third-order valence-electron chi connectivity index (χ3n) is 9.83. The van der Waals surface area contributed by atoms with Crippen molar-refractivity contribution in [1.82, 2.24) is 19.5 Å². The molecule has 4 nitrogen and oxygen atoms in total. The highest BCUT2D eigenvalue weighted by atomic mass is 15.0.